The van der Waals surface area contributed by atoms with Gasteiger partial charge >= 0.3 is 0 Å². The Bertz CT molecular complexity index is 739. The highest BCUT2D eigenvalue weighted by atomic mass is 32.2. The molecule has 0 aliphatic heterocycles. The van der Waals surface area contributed by atoms with Crippen LogP contribution in [0, 0.1) is 6.92 Å². The van der Waals surface area contributed by atoms with E-state index in [1.54, 1.807) is 18.4 Å². The van der Waals surface area contributed by atoms with E-state index in [1.807, 2.05) is 36.6 Å². The van der Waals surface area contributed by atoms with Crippen molar-refractivity contribution in [2.75, 3.05) is 7.11 Å². The second kappa shape index (κ2) is 6.28. The Labute approximate surface area is 130 Å². The molecule has 0 atom stereocenters. The molecule has 0 bridgehead atoms. The highest BCUT2D eigenvalue weighted by Gasteiger charge is 2.13. The van der Waals surface area contributed by atoms with Crippen LogP contribution < -0.4 is 4.74 Å². The second-order valence-corrected chi connectivity index (χ2v) is 6.21. The zero-order valence-corrected chi connectivity index (χ0v) is 13.2. The fourth-order valence-corrected chi connectivity index (χ4v) is 3.18. The van der Waals surface area contributed by atoms with Crippen LogP contribution in [0.3, 0.4) is 0 Å². The topological polar surface area (TPSA) is 61.0 Å². The first-order valence-corrected chi connectivity index (χ1v) is 8.13. The predicted molar refractivity (Wildman–Crippen MR) is 82.7 cm³/mol. The largest absolute Gasteiger partial charge is 0.496 e. The number of thiazole rings is 1. The van der Waals surface area contributed by atoms with Gasteiger partial charge in [-0.15, -0.1) is 21.5 Å². The van der Waals surface area contributed by atoms with Crippen molar-refractivity contribution in [1.29, 1.82) is 0 Å². The van der Waals surface area contributed by atoms with Gasteiger partial charge in [-0.25, -0.2) is 4.98 Å². The van der Waals surface area contributed by atoms with E-state index in [4.69, 9.17) is 9.15 Å². The number of benzene rings is 1. The summed E-state index contributed by atoms with van der Waals surface area (Å²) in [5.41, 5.74) is 1.82. The van der Waals surface area contributed by atoms with Crippen LogP contribution >= 0.6 is 23.1 Å². The van der Waals surface area contributed by atoms with Crippen LogP contribution in [0.1, 0.15) is 10.7 Å². The van der Waals surface area contributed by atoms with Gasteiger partial charge in [-0.3, -0.25) is 0 Å². The van der Waals surface area contributed by atoms with Crippen molar-refractivity contribution in [3.8, 4) is 17.2 Å². The Balaban J connectivity index is 1.74. The summed E-state index contributed by atoms with van der Waals surface area (Å²) in [4.78, 5) is 4.41. The van der Waals surface area contributed by atoms with Gasteiger partial charge in [0.2, 0.25) is 0 Å². The van der Waals surface area contributed by atoms with Crippen molar-refractivity contribution >= 4 is 23.1 Å². The molecule has 0 N–H and O–H groups in total. The van der Waals surface area contributed by atoms with Crippen molar-refractivity contribution in [1.82, 2.24) is 15.2 Å². The van der Waals surface area contributed by atoms with Gasteiger partial charge in [0.15, 0.2) is 0 Å². The minimum atomic E-state index is 0.462. The Hall–Kier alpha value is -1.86. The third-order valence-corrected chi connectivity index (χ3v) is 4.43. The van der Waals surface area contributed by atoms with Crippen LogP contribution in [0.15, 0.2) is 39.3 Å². The molecule has 1 aromatic carbocycles. The van der Waals surface area contributed by atoms with Crippen LogP contribution in [0.25, 0.3) is 11.5 Å². The molecular weight excluding hydrogens is 306 g/mol. The first-order valence-electron chi connectivity index (χ1n) is 6.27. The summed E-state index contributed by atoms with van der Waals surface area (Å²) in [6, 6.07) is 7.57. The quantitative estimate of drug-likeness (QED) is 0.667. The third kappa shape index (κ3) is 3.25. The molecule has 3 aromatic rings. The lowest BCUT2D eigenvalue weighted by molar-refractivity contribution is 0.411. The fraction of sp³-hybridized carbons (Fsp3) is 0.214. The number of hydrogen-bond donors (Lipinski definition) is 0. The Morgan fingerprint density at radius 2 is 2.14 bits per heavy atom. The summed E-state index contributed by atoms with van der Waals surface area (Å²) in [7, 11) is 1.62. The minimum Gasteiger partial charge on any atom is -0.496 e. The normalized spacial score (nSPS) is 10.8. The average Bonchev–Trinajstić information content (AvgIpc) is 3.14. The van der Waals surface area contributed by atoms with Gasteiger partial charge < -0.3 is 9.15 Å². The summed E-state index contributed by atoms with van der Waals surface area (Å²) in [6.45, 7) is 1.99. The first kappa shape index (κ1) is 14.1. The molecule has 7 heteroatoms. The maximum atomic E-state index is 5.68. The summed E-state index contributed by atoms with van der Waals surface area (Å²) < 4.78 is 11.0. The van der Waals surface area contributed by atoms with Crippen LogP contribution in [-0.4, -0.2) is 22.3 Å². The number of nitrogens with zero attached hydrogens (tertiary/aromatic N) is 3. The van der Waals surface area contributed by atoms with Gasteiger partial charge in [0.05, 0.1) is 23.4 Å². The molecule has 3 rings (SSSR count). The summed E-state index contributed by atoms with van der Waals surface area (Å²) in [6.07, 6.45) is 0. The van der Waals surface area contributed by atoms with Gasteiger partial charge in [-0.1, -0.05) is 23.9 Å². The molecule has 2 aromatic heterocycles. The lowest BCUT2D eigenvalue weighted by atomic mass is 10.2. The van der Waals surface area contributed by atoms with Crippen LogP contribution in [0.2, 0.25) is 0 Å². The number of aromatic nitrogens is 3. The van der Waals surface area contributed by atoms with E-state index in [9.17, 15) is 0 Å². The second-order valence-electron chi connectivity index (χ2n) is 4.22. The first-order chi connectivity index (χ1) is 10.3. The molecule has 0 radical (unpaired) electrons. The molecular formula is C14H13N3O2S2. The Morgan fingerprint density at radius 3 is 2.90 bits per heavy atom. The number of ether oxygens (including phenoxy) is 1. The van der Waals surface area contributed by atoms with Crippen molar-refractivity contribution in [2.24, 2.45) is 0 Å². The van der Waals surface area contributed by atoms with Gasteiger partial charge in [-0.05, 0) is 19.1 Å². The molecule has 0 saturated heterocycles. The molecule has 0 spiro atoms. The van der Waals surface area contributed by atoms with E-state index in [0.717, 1.165) is 22.0 Å². The fourth-order valence-electron chi connectivity index (χ4n) is 1.81. The van der Waals surface area contributed by atoms with Gasteiger partial charge in [0.25, 0.3) is 11.1 Å². The number of para-hydroxylation sites is 1. The van der Waals surface area contributed by atoms with Crippen molar-refractivity contribution in [2.45, 2.75) is 17.9 Å². The lowest BCUT2D eigenvalue weighted by Gasteiger charge is -2.03. The van der Waals surface area contributed by atoms with Crippen molar-refractivity contribution in [3.05, 3.63) is 40.3 Å². The molecule has 108 valence electrons. The molecule has 0 amide bonds. The zero-order valence-electron chi connectivity index (χ0n) is 11.6. The van der Waals surface area contributed by atoms with Gasteiger partial charge in [0, 0.05) is 11.1 Å². The highest BCUT2D eigenvalue weighted by Crippen LogP contribution is 2.31. The Kier molecular flexibility index (Phi) is 4.21. The van der Waals surface area contributed by atoms with E-state index in [0.29, 0.717) is 16.9 Å². The molecule has 0 saturated carbocycles. The third-order valence-electron chi connectivity index (χ3n) is 2.75. The van der Waals surface area contributed by atoms with Gasteiger partial charge in [-0.2, -0.15) is 0 Å². The molecule has 0 aliphatic rings. The monoisotopic (exact) mass is 319 g/mol. The zero-order chi connectivity index (χ0) is 14.7. The number of aryl methyl sites for hydroxylation is 1. The maximum absolute atomic E-state index is 5.68. The SMILES string of the molecule is COc1ccccc1-c1nnc(SCc2csc(C)n2)o1. The highest BCUT2D eigenvalue weighted by molar-refractivity contribution is 7.98. The van der Waals surface area contributed by atoms with E-state index < -0.39 is 0 Å². The number of methoxy groups -OCH3 is 1. The predicted octanol–water partition coefficient (Wildman–Crippen LogP) is 3.80. The van der Waals surface area contributed by atoms with E-state index in [-0.39, 0.29) is 0 Å². The van der Waals surface area contributed by atoms with Gasteiger partial charge in [0.1, 0.15) is 5.75 Å². The van der Waals surface area contributed by atoms with E-state index >= 15 is 0 Å². The molecule has 0 aliphatic carbocycles. The van der Waals surface area contributed by atoms with Crippen LogP contribution in [0.4, 0.5) is 0 Å². The Morgan fingerprint density at radius 1 is 1.29 bits per heavy atom. The smallest absolute Gasteiger partial charge is 0.277 e. The van der Waals surface area contributed by atoms with E-state index in [2.05, 4.69) is 15.2 Å². The molecule has 0 fully saturated rings. The minimum absolute atomic E-state index is 0.462. The average molecular weight is 319 g/mol. The lowest BCUT2D eigenvalue weighted by Crippen LogP contribution is -1.87. The summed E-state index contributed by atoms with van der Waals surface area (Å²) >= 11 is 3.12. The van der Waals surface area contributed by atoms with Crippen LogP contribution in [-0.2, 0) is 5.75 Å². The van der Waals surface area contributed by atoms with Crippen molar-refractivity contribution < 1.29 is 9.15 Å². The van der Waals surface area contributed by atoms with Crippen molar-refractivity contribution in [3.63, 3.8) is 0 Å². The summed E-state index contributed by atoms with van der Waals surface area (Å²) in [5.74, 6) is 1.90. The van der Waals surface area contributed by atoms with Crippen LogP contribution in [0.5, 0.6) is 5.75 Å². The molecule has 21 heavy (non-hydrogen) atoms. The van der Waals surface area contributed by atoms with E-state index in [1.165, 1.54) is 11.8 Å². The molecule has 0 unspecified atom stereocenters. The molecule has 5 nitrogen and oxygen atoms in total. The number of rotatable bonds is 5. The summed E-state index contributed by atoms with van der Waals surface area (Å²) in [5, 5.41) is 11.8. The standard InChI is InChI=1S/C14H13N3O2S2/c1-9-15-10(7-20-9)8-21-14-17-16-13(19-14)11-5-3-4-6-12(11)18-2/h3-7H,8H2,1-2H3. The number of hydrogen-bond acceptors (Lipinski definition) is 7. The maximum Gasteiger partial charge on any atom is 0.277 e. The number of thioether (sulfide) groups is 1. The molecule has 2 heterocycles.